The van der Waals surface area contributed by atoms with E-state index in [0.717, 1.165) is 39.7 Å². The molecule has 0 bridgehead atoms. The number of nitrogens with zero attached hydrogens (tertiary/aromatic N) is 3. The molecule has 0 saturated heterocycles. The molecule has 1 fully saturated rings. The highest BCUT2D eigenvalue weighted by Crippen LogP contribution is 2.32. The number of thioether (sulfide) groups is 1. The lowest BCUT2D eigenvalue weighted by Gasteiger charge is -2.11. The number of furan rings is 1. The summed E-state index contributed by atoms with van der Waals surface area (Å²) < 4.78 is 13.1. The molecule has 0 aliphatic heterocycles. The molecule has 26 heavy (non-hydrogen) atoms. The van der Waals surface area contributed by atoms with Gasteiger partial charge in [-0.05, 0) is 43.0 Å². The van der Waals surface area contributed by atoms with Gasteiger partial charge in [0.05, 0.1) is 19.9 Å². The molecule has 0 radical (unpaired) electrons. The summed E-state index contributed by atoms with van der Waals surface area (Å²) in [6.07, 6.45) is 7.10. The molecule has 2 aromatic heterocycles. The van der Waals surface area contributed by atoms with Gasteiger partial charge >= 0.3 is 0 Å². The van der Waals surface area contributed by atoms with Crippen molar-refractivity contribution in [3.05, 3.63) is 48.4 Å². The van der Waals surface area contributed by atoms with E-state index in [1.807, 2.05) is 48.2 Å². The number of benzene rings is 1. The Morgan fingerprint density at radius 2 is 2.08 bits per heavy atom. The minimum atomic E-state index is 0.625. The highest BCUT2D eigenvalue weighted by molar-refractivity contribution is 7.99. The molecule has 5 nitrogen and oxygen atoms in total. The maximum Gasteiger partial charge on any atom is 0.191 e. The van der Waals surface area contributed by atoms with Crippen LogP contribution < -0.4 is 4.74 Å². The molecule has 0 N–H and O–H groups in total. The average molecular weight is 369 g/mol. The topological polar surface area (TPSA) is 53.1 Å². The van der Waals surface area contributed by atoms with E-state index in [1.54, 1.807) is 13.4 Å². The van der Waals surface area contributed by atoms with Gasteiger partial charge in [0.15, 0.2) is 11.0 Å². The molecule has 1 aliphatic rings. The third-order valence-electron chi connectivity index (χ3n) is 4.86. The van der Waals surface area contributed by atoms with E-state index < -0.39 is 0 Å². The lowest BCUT2D eigenvalue weighted by molar-refractivity contribution is 0.415. The van der Waals surface area contributed by atoms with Crippen molar-refractivity contribution in [2.24, 2.45) is 5.92 Å². The van der Waals surface area contributed by atoms with Crippen molar-refractivity contribution < 1.29 is 9.15 Å². The maximum atomic E-state index is 5.57. The van der Waals surface area contributed by atoms with Gasteiger partial charge in [-0.25, -0.2) is 0 Å². The number of hydrogen-bond donors (Lipinski definition) is 0. The molecule has 136 valence electrons. The Morgan fingerprint density at radius 3 is 2.85 bits per heavy atom. The highest BCUT2D eigenvalue weighted by Gasteiger charge is 2.20. The van der Waals surface area contributed by atoms with Crippen molar-refractivity contribution in [1.29, 1.82) is 0 Å². The van der Waals surface area contributed by atoms with Gasteiger partial charge in [-0.3, -0.25) is 4.57 Å². The second-order valence-corrected chi connectivity index (χ2v) is 7.65. The van der Waals surface area contributed by atoms with E-state index in [4.69, 9.17) is 9.15 Å². The zero-order valence-electron chi connectivity index (χ0n) is 14.9. The molecule has 0 amide bonds. The summed E-state index contributed by atoms with van der Waals surface area (Å²) in [4.78, 5) is 0. The van der Waals surface area contributed by atoms with Crippen LogP contribution in [0.3, 0.4) is 0 Å². The Hall–Kier alpha value is -2.21. The fourth-order valence-corrected chi connectivity index (χ4v) is 4.57. The summed E-state index contributed by atoms with van der Waals surface area (Å²) >= 11 is 1.81. The number of methoxy groups -OCH3 is 1. The Bertz CT molecular complexity index is 839. The Balaban J connectivity index is 1.63. The number of hydrogen-bond acceptors (Lipinski definition) is 5. The smallest absolute Gasteiger partial charge is 0.191 e. The van der Waals surface area contributed by atoms with Crippen LogP contribution in [-0.4, -0.2) is 27.6 Å². The molecular weight excluding hydrogens is 346 g/mol. The van der Waals surface area contributed by atoms with Gasteiger partial charge in [0.25, 0.3) is 0 Å². The molecule has 3 aromatic rings. The summed E-state index contributed by atoms with van der Waals surface area (Å²) in [6.45, 7) is 0.625. The van der Waals surface area contributed by atoms with Crippen molar-refractivity contribution in [2.45, 2.75) is 37.4 Å². The summed E-state index contributed by atoms with van der Waals surface area (Å²) in [5.41, 5.74) is 0.996. The van der Waals surface area contributed by atoms with Crippen LogP contribution in [0.4, 0.5) is 0 Å². The summed E-state index contributed by atoms with van der Waals surface area (Å²) in [7, 11) is 1.68. The first-order chi connectivity index (χ1) is 12.8. The number of aromatic nitrogens is 3. The summed E-state index contributed by atoms with van der Waals surface area (Å²) in [5, 5.41) is 9.92. The molecular formula is C20H23N3O2S. The fourth-order valence-electron chi connectivity index (χ4n) is 3.44. The van der Waals surface area contributed by atoms with Gasteiger partial charge < -0.3 is 9.15 Å². The van der Waals surface area contributed by atoms with Crippen molar-refractivity contribution in [2.75, 3.05) is 12.9 Å². The second kappa shape index (κ2) is 7.99. The van der Waals surface area contributed by atoms with Crippen molar-refractivity contribution in [1.82, 2.24) is 14.8 Å². The minimum Gasteiger partial charge on any atom is -0.497 e. The van der Waals surface area contributed by atoms with Crippen LogP contribution in [0.2, 0.25) is 0 Å². The lowest BCUT2D eigenvalue weighted by atomic mass is 10.1. The predicted octanol–water partition coefficient (Wildman–Crippen LogP) is 4.88. The molecule has 1 saturated carbocycles. The van der Waals surface area contributed by atoms with E-state index >= 15 is 0 Å². The van der Waals surface area contributed by atoms with E-state index in [0.29, 0.717) is 6.54 Å². The van der Waals surface area contributed by atoms with Crippen LogP contribution in [0, 0.1) is 5.92 Å². The maximum absolute atomic E-state index is 5.57. The van der Waals surface area contributed by atoms with E-state index in [1.165, 1.54) is 25.7 Å². The molecule has 2 heterocycles. The Morgan fingerprint density at radius 1 is 1.19 bits per heavy atom. The fraction of sp³-hybridized carbons (Fsp3) is 0.400. The minimum absolute atomic E-state index is 0.625. The molecule has 6 heteroatoms. The third kappa shape index (κ3) is 3.80. The predicted molar refractivity (Wildman–Crippen MR) is 103 cm³/mol. The van der Waals surface area contributed by atoms with Crippen LogP contribution in [-0.2, 0) is 6.54 Å². The first kappa shape index (κ1) is 17.2. The zero-order chi connectivity index (χ0) is 17.8. The largest absolute Gasteiger partial charge is 0.497 e. The standard InChI is InChI=1S/C20H23N3O2S/c1-24-17-9-4-8-16(12-17)19-21-22-20(26-14-15-6-2-3-7-15)23(19)13-18-10-5-11-25-18/h4-5,8-12,15H,2-3,6-7,13-14H2,1H3. The SMILES string of the molecule is COc1cccc(-c2nnc(SCC3CCCC3)n2Cc2ccco2)c1. The Labute approximate surface area is 157 Å². The number of ether oxygens (including phenoxy) is 1. The average Bonchev–Trinajstić information content (AvgIpc) is 3.43. The third-order valence-corrected chi connectivity index (χ3v) is 6.06. The summed E-state index contributed by atoms with van der Waals surface area (Å²) in [6, 6.07) is 11.8. The van der Waals surface area contributed by atoms with Crippen molar-refractivity contribution in [3.8, 4) is 17.1 Å². The highest BCUT2D eigenvalue weighted by atomic mass is 32.2. The van der Waals surface area contributed by atoms with Gasteiger partial charge in [-0.1, -0.05) is 36.7 Å². The van der Waals surface area contributed by atoms with Gasteiger partial charge in [-0.15, -0.1) is 10.2 Å². The quantitative estimate of drug-likeness (QED) is 0.556. The number of rotatable bonds is 7. The molecule has 1 aromatic carbocycles. The van der Waals surface area contributed by atoms with Crippen LogP contribution in [0.1, 0.15) is 31.4 Å². The molecule has 0 spiro atoms. The van der Waals surface area contributed by atoms with Gasteiger partial charge in [0.1, 0.15) is 11.5 Å². The van der Waals surface area contributed by atoms with Gasteiger partial charge in [0, 0.05) is 11.3 Å². The summed E-state index contributed by atoms with van der Waals surface area (Å²) in [5.74, 6) is 4.46. The molecule has 0 unspecified atom stereocenters. The van der Waals surface area contributed by atoms with Gasteiger partial charge in [-0.2, -0.15) is 0 Å². The van der Waals surface area contributed by atoms with Crippen LogP contribution in [0.5, 0.6) is 5.75 Å². The second-order valence-electron chi connectivity index (χ2n) is 6.67. The molecule has 4 rings (SSSR count). The normalized spacial score (nSPS) is 14.8. The van der Waals surface area contributed by atoms with Crippen LogP contribution in [0.25, 0.3) is 11.4 Å². The zero-order valence-corrected chi connectivity index (χ0v) is 15.7. The first-order valence-electron chi connectivity index (χ1n) is 9.06. The van der Waals surface area contributed by atoms with Crippen LogP contribution in [0.15, 0.2) is 52.2 Å². The molecule has 1 aliphatic carbocycles. The van der Waals surface area contributed by atoms with Crippen molar-refractivity contribution >= 4 is 11.8 Å². The van der Waals surface area contributed by atoms with E-state index in [-0.39, 0.29) is 0 Å². The van der Waals surface area contributed by atoms with Crippen molar-refractivity contribution in [3.63, 3.8) is 0 Å². The molecule has 0 atom stereocenters. The van der Waals surface area contributed by atoms with Crippen LogP contribution >= 0.6 is 11.8 Å². The first-order valence-corrected chi connectivity index (χ1v) is 10.0. The lowest BCUT2D eigenvalue weighted by Crippen LogP contribution is -2.05. The van der Waals surface area contributed by atoms with Gasteiger partial charge in [0.2, 0.25) is 0 Å². The monoisotopic (exact) mass is 369 g/mol. The van der Waals surface area contributed by atoms with E-state index in [9.17, 15) is 0 Å². The van der Waals surface area contributed by atoms with E-state index in [2.05, 4.69) is 14.8 Å². The Kier molecular flexibility index (Phi) is 5.29.